The van der Waals surface area contributed by atoms with Gasteiger partial charge in [-0.15, -0.1) is 21.5 Å². The number of esters is 1. The van der Waals surface area contributed by atoms with Gasteiger partial charge in [0.25, 0.3) is 0 Å². The van der Waals surface area contributed by atoms with Crippen LogP contribution in [-0.2, 0) is 16.0 Å². The van der Waals surface area contributed by atoms with Gasteiger partial charge in [0.1, 0.15) is 5.75 Å². The molecule has 4 rings (SSSR count). The second-order valence-electron chi connectivity index (χ2n) is 5.69. The van der Waals surface area contributed by atoms with E-state index in [0.717, 1.165) is 12.0 Å². The number of carbonyl (C=O) groups excluding carboxylic acids is 2. The van der Waals surface area contributed by atoms with Crippen molar-refractivity contribution < 1.29 is 18.7 Å². The molecule has 1 saturated heterocycles. The Balaban J connectivity index is 1.37. The van der Waals surface area contributed by atoms with Gasteiger partial charge in [-0.25, -0.2) is 4.98 Å². The summed E-state index contributed by atoms with van der Waals surface area (Å²) in [6.07, 6.45) is 2.69. The van der Waals surface area contributed by atoms with Crippen LogP contribution in [0.25, 0.3) is 11.5 Å². The zero-order valence-electron chi connectivity index (χ0n) is 13.6. The highest BCUT2D eigenvalue weighted by Gasteiger charge is 2.24. The lowest BCUT2D eigenvalue weighted by Crippen LogP contribution is -2.23. The first-order chi connectivity index (χ1) is 12.7. The molecule has 3 aromatic rings. The van der Waals surface area contributed by atoms with Gasteiger partial charge >= 0.3 is 5.97 Å². The molecular weight excluding hydrogens is 356 g/mol. The van der Waals surface area contributed by atoms with E-state index in [0.29, 0.717) is 35.4 Å². The highest BCUT2D eigenvalue weighted by atomic mass is 32.1. The molecule has 0 saturated carbocycles. The fourth-order valence-corrected chi connectivity index (χ4v) is 3.50. The van der Waals surface area contributed by atoms with Gasteiger partial charge in [0, 0.05) is 23.9 Å². The number of carbonyl (C=O) groups is 2. The molecular formula is C17H14N4O4S. The number of ether oxygens (including phenoxy) is 1. The van der Waals surface area contributed by atoms with Crippen LogP contribution in [0, 0.1) is 0 Å². The summed E-state index contributed by atoms with van der Waals surface area (Å²) in [7, 11) is 0. The molecule has 132 valence electrons. The maximum Gasteiger partial charge on any atom is 0.317 e. The number of thiazole rings is 1. The van der Waals surface area contributed by atoms with Gasteiger partial charge in [0.05, 0.1) is 12.1 Å². The van der Waals surface area contributed by atoms with Gasteiger partial charge < -0.3 is 9.15 Å². The number of rotatable bonds is 5. The average Bonchev–Trinajstić information content (AvgIpc) is 3.37. The van der Waals surface area contributed by atoms with Gasteiger partial charge in [-0.05, 0) is 30.7 Å². The molecule has 0 spiro atoms. The van der Waals surface area contributed by atoms with Crippen LogP contribution in [-0.4, -0.2) is 33.6 Å². The Bertz CT molecular complexity index is 921. The van der Waals surface area contributed by atoms with E-state index in [4.69, 9.17) is 9.15 Å². The average molecular weight is 370 g/mol. The van der Waals surface area contributed by atoms with Gasteiger partial charge in [-0.1, -0.05) is 0 Å². The predicted octanol–water partition coefficient (Wildman–Crippen LogP) is 2.47. The Morgan fingerprint density at radius 3 is 2.85 bits per heavy atom. The summed E-state index contributed by atoms with van der Waals surface area (Å²) in [6.45, 7) is 0.683. The minimum Gasteiger partial charge on any atom is -0.426 e. The first kappa shape index (κ1) is 16.4. The van der Waals surface area contributed by atoms with E-state index in [9.17, 15) is 9.59 Å². The Labute approximate surface area is 152 Å². The smallest absolute Gasteiger partial charge is 0.317 e. The van der Waals surface area contributed by atoms with Crippen LogP contribution in [0.1, 0.15) is 18.5 Å². The third-order valence-electron chi connectivity index (χ3n) is 3.86. The Kier molecular flexibility index (Phi) is 4.44. The van der Waals surface area contributed by atoms with Gasteiger partial charge in [0.15, 0.2) is 5.13 Å². The predicted molar refractivity (Wildman–Crippen MR) is 92.8 cm³/mol. The van der Waals surface area contributed by atoms with E-state index in [-0.39, 0.29) is 12.3 Å². The molecule has 1 aliphatic heterocycles. The standard InChI is InChI=1S/C17H14N4O4S/c22-14-2-1-7-21(14)17-19-12(9-26-17)8-15(23)25-13-5-3-11(4-6-13)16-20-18-10-24-16/h3-6,9-10H,1-2,7-8H2. The molecule has 8 nitrogen and oxygen atoms in total. The second-order valence-corrected chi connectivity index (χ2v) is 6.53. The lowest BCUT2D eigenvalue weighted by atomic mass is 10.2. The Hall–Kier alpha value is -3.07. The molecule has 2 aromatic heterocycles. The SMILES string of the molecule is O=C(Cc1csc(N2CCCC2=O)n1)Oc1ccc(-c2nnco2)cc1. The largest absolute Gasteiger partial charge is 0.426 e. The van der Waals surface area contributed by atoms with Crippen molar-refractivity contribution in [1.82, 2.24) is 15.2 Å². The van der Waals surface area contributed by atoms with Gasteiger partial charge in [-0.2, -0.15) is 0 Å². The molecule has 0 atom stereocenters. The third kappa shape index (κ3) is 3.47. The van der Waals surface area contributed by atoms with Crippen LogP contribution in [0.15, 0.2) is 40.5 Å². The van der Waals surface area contributed by atoms with Crippen molar-refractivity contribution in [2.24, 2.45) is 0 Å². The molecule has 1 amide bonds. The monoisotopic (exact) mass is 370 g/mol. The topological polar surface area (TPSA) is 98.4 Å². The van der Waals surface area contributed by atoms with Crippen molar-refractivity contribution in [2.75, 3.05) is 11.4 Å². The van der Waals surface area contributed by atoms with E-state index < -0.39 is 5.97 Å². The van der Waals surface area contributed by atoms with Crippen LogP contribution >= 0.6 is 11.3 Å². The fraction of sp³-hybridized carbons (Fsp3) is 0.235. The Morgan fingerprint density at radius 2 is 2.15 bits per heavy atom. The van der Waals surface area contributed by atoms with Crippen molar-refractivity contribution in [1.29, 1.82) is 0 Å². The molecule has 0 radical (unpaired) electrons. The molecule has 0 aliphatic carbocycles. The zero-order valence-corrected chi connectivity index (χ0v) is 14.4. The minimum atomic E-state index is -0.417. The quantitative estimate of drug-likeness (QED) is 0.502. The normalized spacial score (nSPS) is 14.0. The molecule has 0 unspecified atom stereocenters. The van der Waals surface area contributed by atoms with Crippen molar-refractivity contribution in [3.8, 4) is 17.2 Å². The number of benzene rings is 1. The lowest BCUT2D eigenvalue weighted by Gasteiger charge is -2.10. The van der Waals surface area contributed by atoms with Crippen molar-refractivity contribution in [2.45, 2.75) is 19.3 Å². The summed E-state index contributed by atoms with van der Waals surface area (Å²) in [5.74, 6) is 0.479. The highest BCUT2D eigenvalue weighted by molar-refractivity contribution is 7.14. The van der Waals surface area contributed by atoms with Crippen molar-refractivity contribution >= 4 is 28.3 Å². The number of nitrogens with zero attached hydrogens (tertiary/aromatic N) is 4. The van der Waals surface area contributed by atoms with Gasteiger partial charge in [0.2, 0.25) is 18.2 Å². The summed E-state index contributed by atoms with van der Waals surface area (Å²) in [5.41, 5.74) is 1.33. The Morgan fingerprint density at radius 1 is 1.31 bits per heavy atom. The van der Waals surface area contributed by atoms with Crippen LogP contribution in [0.5, 0.6) is 5.75 Å². The molecule has 1 aliphatic rings. The summed E-state index contributed by atoms with van der Waals surface area (Å²) in [4.78, 5) is 29.9. The molecule has 9 heteroatoms. The van der Waals surface area contributed by atoms with Crippen molar-refractivity contribution in [3.05, 3.63) is 41.7 Å². The zero-order chi connectivity index (χ0) is 17.9. The van der Waals surface area contributed by atoms with Crippen molar-refractivity contribution in [3.63, 3.8) is 0 Å². The fourth-order valence-electron chi connectivity index (χ4n) is 2.63. The highest BCUT2D eigenvalue weighted by Crippen LogP contribution is 2.26. The maximum atomic E-state index is 12.1. The summed E-state index contributed by atoms with van der Waals surface area (Å²) in [6, 6.07) is 6.78. The molecule has 26 heavy (non-hydrogen) atoms. The van der Waals surface area contributed by atoms with Gasteiger partial charge in [-0.3, -0.25) is 14.5 Å². The number of amides is 1. The number of aromatic nitrogens is 3. The van der Waals surface area contributed by atoms with E-state index in [1.165, 1.54) is 17.7 Å². The molecule has 1 fully saturated rings. The minimum absolute atomic E-state index is 0.0456. The molecule has 3 heterocycles. The van der Waals surface area contributed by atoms with E-state index in [2.05, 4.69) is 15.2 Å². The maximum absolute atomic E-state index is 12.1. The first-order valence-corrected chi connectivity index (χ1v) is 8.89. The van der Waals surface area contributed by atoms with Crippen LogP contribution < -0.4 is 9.64 Å². The first-order valence-electron chi connectivity index (χ1n) is 8.01. The van der Waals surface area contributed by atoms with Crippen LogP contribution in [0.4, 0.5) is 5.13 Å². The van der Waals surface area contributed by atoms with E-state index in [1.54, 1.807) is 34.5 Å². The lowest BCUT2D eigenvalue weighted by molar-refractivity contribution is -0.133. The van der Waals surface area contributed by atoms with E-state index >= 15 is 0 Å². The summed E-state index contributed by atoms with van der Waals surface area (Å²) < 4.78 is 10.4. The van der Waals surface area contributed by atoms with Crippen LogP contribution in [0.3, 0.4) is 0 Å². The summed E-state index contributed by atoms with van der Waals surface area (Å²) >= 11 is 1.36. The third-order valence-corrected chi connectivity index (χ3v) is 4.77. The molecule has 0 N–H and O–H groups in total. The summed E-state index contributed by atoms with van der Waals surface area (Å²) in [5, 5.41) is 9.85. The number of anilines is 1. The number of hydrogen-bond donors (Lipinski definition) is 0. The van der Waals surface area contributed by atoms with E-state index in [1.807, 2.05) is 0 Å². The number of hydrogen-bond acceptors (Lipinski definition) is 8. The second kappa shape index (κ2) is 7.04. The van der Waals surface area contributed by atoms with Crippen LogP contribution in [0.2, 0.25) is 0 Å². The molecule has 1 aromatic carbocycles. The molecule has 0 bridgehead atoms.